The van der Waals surface area contributed by atoms with E-state index in [9.17, 15) is 0 Å². The lowest BCUT2D eigenvalue weighted by Gasteiger charge is -2.08. The van der Waals surface area contributed by atoms with Crippen molar-refractivity contribution in [3.8, 4) is 5.88 Å². The van der Waals surface area contributed by atoms with Gasteiger partial charge in [-0.3, -0.25) is 0 Å². The predicted molar refractivity (Wildman–Crippen MR) is 48.0 cm³/mol. The van der Waals surface area contributed by atoms with Gasteiger partial charge in [-0.25, -0.2) is 4.98 Å². The molecule has 0 saturated carbocycles. The molecule has 0 aromatic carbocycles. The fraction of sp³-hybridized carbons (Fsp3) is 0.444. The minimum absolute atomic E-state index is 0.0865. The van der Waals surface area contributed by atoms with Crippen LogP contribution < -0.4 is 10.5 Å². The summed E-state index contributed by atoms with van der Waals surface area (Å²) in [5, 5.41) is 0. The normalized spacial score (nSPS) is 12.6. The lowest BCUT2D eigenvalue weighted by molar-refractivity contribution is 0.397. The quantitative estimate of drug-likeness (QED) is 0.740. The van der Waals surface area contributed by atoms with Gasteiger partial charge in [0.2, 0.25) is 5.88 Å². The van der Waals surface area contributed by atoms with Crippen molar-refractivity contribution in [2.75, 3.05) is 7.11 Å². The van der Waals surface area contributed by atoms with E-state index < -0.39 is 0 Å². The minimum Gasteiger partial charge on any atom is -0.481 e. The fourth-order valence-electron chi connectivity index (χ4n) is 0.968. The number of hydrogen-bond acceptors (Lipinski definition) is 3. The first-order valence-corrected chi connectivity index (χ1v) is 4.03. The van der Waals surface area contributed by atoms with Crippen LogP contribution in [0.2, 0.25) is 0 Å². The maximum Gasteiger partial charge on any atom is 0.212 e. The molecule has 0 aliphatic carbocycles. The molecule has 0 spiro atoms. The van der Waals surface area contributed by atoms with Gasteiger partial charge in [0.05, 0.1) is 7.11 Å². The highest BCUT2D eigenvalue weighted by Gasteiger charge is 2.02. The predicted octanol–water partition coefficient (Wildman–Crippen LogP) is 1.50. The fourth-order valence-corrected chi connectivity index (χ4v) is 0.968. The molecule has 12 heavy (non-hydrogen) atoms. The largest absolute Gasteiger partial charge is 0.481 e. The second-order valence-electron chi connectivity index (χ2n) is 2.65. The zero-order valence-electron chi connectivity index (χ0n) is 7.45. The van der Waals surface area contributed by atoms with Gasteiger partial charge in [-0.05, 0) is 12.0 Å². The number of ether oxygens (including phenoxy) is 1. The first-order valence-electron chi connectivity index (χ1n) is 4.03. The number of hydrogen-bond donors (Lipinski definition) is 1. The molecule has 66 valence electrons. The van der Waals surface area contributed by atoms with Gasteiger partial charge < -0.3 is 10.5 Å². The Kier molecular flexibility index (Phi) is 3.05. The van der Waals surface area contributed by atoms with E-state index in [1.54, 1.807) is 13.3 Å². The highest BCUT2D eigenvalue weighted by molar-refractivity contribution is 5.20. The minimum atomic E-state index is 0.0865. The molecule has 0 fully saturated rings. The van der Waals surface area contributed by atoms with Crippen molar-refractivity contribution in [3.05, 3.63) is 23.9 Å². The average Bonchev–Trinajstić information content (AvgIpc) is 2.17. The van der Waals surface area contributed by atoms with Gasteiger partial charge in [-0.15, -0.1) is 0 Å². The Balaban J connectivity index is 2.77. The van der Waals surface area contributed by atoms with Crippen molar-refractivity contribution >= 4 is 0 Å². The van der Waals surface area contributed by atoms with Crippen LogP contribution in [0, 0.1) is 0 Å². The van der Waals surface area contributed by atoms with Crippen LogP contribution in [0.1, 0.15) is 24.9 Å². The van der Waals surface area contributed by atoms with Gasteiger partial charge in [-0.1, -0.05) is 13.0 Å². The summed E-state index contributed by atoms with van der Waals surface area (Å²) in [7, 11) is 1.60. The Bertz CT molecular complexity index is 233. The second kappa shape index (κ2) is 4.07. The van der Waals surface area contributed by atoms with E-state index in [0.29, 0.717) is 5.88 Å². The lowest BCUT2D eigenvalue weighted by atomic mass is 10.1. The molecule has 1 atom stereocenters. The highest BCUT2D eigenvalue weighted by Crippen LogP contribution is 2.14. The Hall–Kier alpha value is -1.09. The third kappa shape index (κ3) is 1.95. The highest BCUT2D eigenvalue weighted by atomic mass is 16.5. The maximum atomic E-state index is 5.80. The molecule has 0 radical (unpaired) electrons. The van der Waals surface area contributed by atoms with E-state index in [1.807, 2.05) is 12.1 Å². The monoisotopic (exact) mass is 166 g/mol. The van der Waals surface area contributed by atoms with E-state index in [-0.39, 0.29) is 6.04 Å². The summed E-state index contributed by atoms with van der Waals surface area (Å²) in [5.41, 5.74) is 6.86. The molecule has 1 heterocycles. The van der Waals surface area contributed by atoms with Crippen molar-refractivity contribution in [1.82, 2.24) is 4.98 Å². The molecule has 0 bridgehead atoms. The summed E-state index contributed by atoms with van der Waals surface area (Å²) in [4.78, 5) is 4.06. The van der Waals surface area contributed by atoms with Crippen LogP contribution in [0.25, 0.3) is 0 Å². The molecule has 0 amide bonds. The summed E-state index contributed by atoms with van der Waals surface area (Å²) in [6, 6.07) is 3.86. The molecule has 0 unspecified atom stereocenters. The van der Waals surface area contributed by atoms with Crippen LogP contribution >= 0.6 is 0 Å². The van der Waals surface area contributed by atoms with Crippen molar-refractivity contribution in [1.29, 1.82) is 0 Å². The Morgan fingerprint density at radius 2 is 2.33 bits per heavy atom. The smallest absolute Gasteiger partial charge is 0.212 e. The number of methoxy groups -OCH3 is 1. The SMILES string of the molecule is CC[C@@H](N)c1ccc(OC)nc1. The van der Waals surface area contributed by atoms with Gasteiger partial charge >= 0.3 is 0 Å². The van der Waals surface area contributed by atoms with E-state index >= 15 is 0 Å². The van der Waals surface area contributed by atoms with Crippen LogP contribution in [0.4, 0.5) is 0 Å². The van der Waals surface area contributed by atoms with Gasteiger partial charge in [0.25, 0.3) is 0 Å². The summed E-state index contributed by atoms with van der Waals surface area (Å²) in [5.74, 6) is 0.627. The van der Waals surface area contributed by atoms with Crippen molar-refractivity contribution < 1.29 is 4.74 Å². The zero-order valence-corrected chi connectivity index (χ0v) is 7.45. The standard InChI is InChI=1S/C9H14N2O/c1-3-8(10)7-4-5-9(12-2)11-6-7/h4-6,8H,3,10H2,1-2H3/t8-/m1/s1. The Labute approximate surface area is 72.6 Å². The summed E-state index contributed by atoms with van der Waals surface area (Å²) in [6.45, 7) is 2.05. The van der Waals surface area contributed by atoms with E-state index in [0.717, 1.165) is 12.0 Å². The van der Waals surface area contributed by atoms with Crippen LogP contribution in [0.15, 0.2) is 18.3 Å². The van der Waals surface area contributed by atoms with Crippen LogP contribution in [0.3, 0.4) is 0 Å². The zero-order chi connectivity index (χ0) is 8.97. The number of aromatic nitrogens is 1. The summed E-state index contributed by atoms with van der Waals surface area (Å²) < 4.78 is 4.93. The molecule has 2 N–H and O–H groups in total. The Morgan fingerprint density at radius 3 is 2.75 bits per heavy atom. The average molecular weight is 166 g/mol. The molecule has 1 aromatic rings. The van der Waals surface area contributed by atoms with E-state index in [2.05, 4.69) is 11.9 Å². The number of nitrogens with two attached hydrogens (primary N) is 1. The first-order chi connectivity index (χ1) is 5.77. The van der Waals surface area contributed by atoms with Crippen LogP contribution in [-0.2, 0) is 0 Å². The van der Waals surface area contributed by atoms with E-state index in [4.69, 9.17) is 10.5 Å². The molecule has 0 aliphatic heterocycles. The van der Waals surface area contributed by atoms with Crippen molar-refractivity contribution in [2.24, 2.45) is 5.73 Å². The second-order valence-corrected chi connectivity index (χ2v) is 2.65. The maximum absolute atomic E-state index is 5.80. The Morgan fingerprint density at radius 1 is 1.58 bits per heavy atom. The number of rotatable bonds is 3. The van der Waals surface area contributed by atoms with Crippen molar-refractivity contribution in [3.63, 3.8) is 0 Å². The van der Waals surface area contributed by atoms with Gasteiger partial charge in [-0.2, -0.15) is 0 Å². The van der Waals surface area contributed by atoms with E-state index in [1.165, 1.54) is 0 Å². The van der Waals surface area contributed by atoms with Crippen LogP contribution in [0.5, 0.6) is 5.88 Å². The molecule has 3 nitrogen and oxygen atoms in total. The third-order valence-corrected chi connectivity index (χ3v) is 1.84. The molecule has 3 heteroatoms. The molecule has 1 rings (SSSR count). The molecule has 0 aliphatic rings. The third-order valence-electron chi connectivity index (χ3n) is 1.84. The molecule has 1 aromatic heterocycles. The topological polar surface area (TPSA) is 48.1 Å². The van der Waals surface area contributed by atoms with Crippen LogP contribution in [-0.4, -0.2) is 12.1 Å². The van der Waals surface area contributed by atoms with Crippen molar-refractivity contribution in [2.45, 2.75) is 19.4 Å². The lowest BCUT2D eigenvalue weighted by Crippen LogP contribution is -2.08. The first kappa shape index (κ1) is 9.00. The van der Waals surface area contributed by atoms with Gasteiger partial charge in [0, 0.05) is 18.3 Å². The molecular weight excluding hydrogens is 152 g/mol. The number of pyridine rings is 1. The molecule has 0 saturated heterocycles. The van der Waals surface area contributed by atoms with Gasteiger partial charge in [0.15, 0.2) is 0 Å². The van der Waals surface area contributed by atoms with Gasteiger partial charge in [0.1, 0.15) is 0 Å². The number of nitrogens with zero attached hydrogens (tertiary/aromatic N) is 1. The molecular formula is C9H14N2O. The summed E-state index contributed by atoms with van der Waals surface area (Å²) in [6.07, 6.45) is 2.68. The summed E-state index contributed by atoms with van der Waals surface area (Å²) >= 11 is 0.